The van der Waals surface area contributed by atoms with Gasteiger partial charge < -0.3 is 14.2 Å². The van der Waals surface area contributed by atoms with E-state index in [0.29, 0.717) is 0 Å². The quantitative estimate of drug-likeness (QED) is 0.398. The largest absolute Gasteiger partial charge is 0.466 e. The van der Waals surface area contributed by atoms with Crippen LogP contribution in [-0.2, 0) is 35.2 Å². The van der Waals surface area contributed by atoms with Gasteiger partial charge in [0.2, 0.25) is 5.91 Å². The van der Waals surface area contributed by atoms with E-state index in [-0.39, 0.29) is 25.0 Å². The van der Waals surface area contributed by atoms with Crippen molar-refractivity contribution in [2.24, 2.45) is 5.92 Å². The zero-order valence-corrected chi connectivity index (χ0v) is 17.7. The van der Waals surface area contributed by atoms with Gasteiger partial charge in [0.25, 0.3) is 0 Å². The molecule has 1 heterocycles. The average molecular weight is 417 g/mol. The van der Waals surface area contributed by atoms with Gasteiger partial charge in [-0.05, 0) is 39.2 Å². The molecule has 1 aliphatic rings. The van der Waals surface area contributed by atoms with Gasteiger partial charge in [0.1, 0.15) is 18.2 Å². The van der Waals surface area contributed by atoms with Crippen LogP contribution in [0.3, 0.4) is 0 Å². The van der Waals surface area contributed by atoms with Crippen molar-refractivity contribution in [1.82, 2.24) is 4.90 Å². The second kappa shape index (κ2) is 9.56. The number of rotatable bonds is 6. The predicted octanol–water partition coefficient (Wildman–Crippen LogP) is 3.00. The molecule has 2 rings (SSSR count). The van der Waals surface area contributed by atoms with Crippen LogP contribution in [0.5, 0.6) is 0 Å². The van der Waals surface area contributed by atoms with Crippen molar-refractivity contribution in [3.8, 4) is 0 Å². The van der Waals surface area contributed by atoms with Crippen molar-refractivity contribution in [2.45, 2.75) is 51.9 Å². The number of carbonyl (C=O) groups is 4. The van der Waals surface area contributed by atoms with Crippen molar-refractivity contribution in [1.29, 1.82) is 0 Å². The molecule has 1 fully saturated rings. The van der Waals surface area contributed by atoms with E-state index in [0.717, 1.165) is 10.5 Å². The lowest BCUT2D eigenvalue weighted by Crippen LogP contribution is -2.46. The van der Waals surface area contributed by atoms with E-state index in [2.05, 4.69) is 11.3 Å². The first-order chi connectivity index (χ1) is 14.0. The number of methoxy groups -OCH3 is 1. The Morgan fingerprint density at radius 3 is 2.37 bits per heavy atom. The van der Waals surface area contributed by atoms with Gasteiger partial charge in [0, 0.05) is 11.5 Å². The molecule has 0 N–H and O–H groups in total. The molecule has 8 heteroatoms. The number of hydrogen-bond donors (Lipinski definition) is 0. The van der Waals surface area contributed by atoms with E-state index >= 15 is 0 Å². The van der Waals surface area contributed by atoms with Crippen molar-refractivity contribution >= 4 is 23.9 Å². The highest BCUT2D eigenvalue weighted by Gasteiger charge is 2.49. The zero-order valence-electron chi connectivity index (χ0n) is 17.7. The standard InChI is InChI=1S/C22H27NO7/c1-14(19(25)28-5)11-16-12-17(20(26)29-13-15-9-7-6-8-10-15)23(18(16)24)21(27)30-22(2,3)4/h6-10,16-17H,1,11-13H2,2-5H3/t16-,17-/m0/s1. The summed E-state index contributed by atoms with van der Waals surface area (Å²) in [6, 6.07) is 7.90. The van der Waals surface area contributed by atoms with Crippen LogP contribution >= 0.6 is 0 Å². The molecule has 2 amide bonds. The second-order valence-electron chi connectivity index (χ2n) is 8.03. The van der Waals surface area contributed by atoms with Gasteiger partial charge in [-0.15, -0.1) is 0 Å². The smallest absolute Gasteiger partial charge is 0.417 e. The fraction of sp³-hybridized carbons (Fsp3) is 0.455. The molecule has 1 saturated heterocycles. The summed E-state index contributed by atoms with van der Waals surface area (Å²) in [7, 11) is 1.21. The summed E-state index contributed by atoms with van der Waals surface area (Å²) in [6.07, 6.45) is -0.963. The van der Waals surface area contributed by atoms with Crippen LogP contribution in [0.15, 0.2) is 42.5 Å². The van der Waals surface area contributed by atoms with E-state index in [1.807, 2.05) is 18.2 Å². The molecule has 1 aromatic rings. The summed E-state index contributed by atoms with van der Waals surface area (Å²) in [6.45, 7) is 8.60. The van der Waals surface area contributed by atoms with Gasteiger partial charge in [-0.2, -0.15) is 0 Å². The number of benzene rings is 1. The van der Waals surface area contributed by atoms with Gasteiger partial charge in [-0.25, -0.2) is 19.3 Å². The monoisotopic (exact) mass is 417 g/mol. The summed E-state index contributed by atoms with van der Waals surface area (Å²) in [5.41, 5.74) is -0.00304. The van der Waals surface area contributed by atoms with Gasteiger partial charge in [0.05, 0.1) is 7.11 Å². The first-order valence-corrected chi connectivity index (χ1v) is 9.56. The van der Waals surface area contributed by atoms with Gasteiger partial charge >= 0.3 is 18.0 Å². The molecule has 8 nitrogen and oxygen atoms in total. The third-order valence-electron chi connectivity index (χ3n) is 4.46. The fourth-order valence-electron chi connectivity index (χ4n) is 3.08. The first kappa shape index (κ1) is 23.1. The Balaban J connectivity index is 2.18. The molecule has 1 aliphatic heterocycles. The SMILES string of the molecule is C=C(C[C@H]1C[C@@H](C(=O)OCc2ccccc2)N(C(=O)OC(C)(C)C)C1=O)C(=O)OC. The number of hydrogen-bond acceptors (Lipinski definition) is 7. The Morgan fingerprint density at radius 1 is 1.17 bits per heavy atom. The number of nitrogens with zero attached hydrogens (tertiary/aromatic N) is 1. The molecule has 0 unspecified atom stereocenters. The Kier molecular flexibility index (Phi) is 7.37. The van der Waals surface area contributed by atoms with Crippen molar-refractivity contribution < 1.29 is 33.4 Å². The second-order valence-corrected chi connectivity index (χ2v) is 8.03. The number of likely N-dealkylation sites (tertiary alicyclic amines) is 1. The number of carbonyl (C=O) groups excluding carboxylic acids is 4. The molecule has 1 aromatic carbocycles. The van der Waals surface area contributed by atoms with Crippen LogP contribution in [0.2, 0.25) is 0 Å². The number of esters is 2. The summed E-state index contributed by atoms with van der Waals surface area (Å²) in [4.78, 5) is 50.7. The summed E-state index contributed by atoms with van der Waals surface area (Å²) >= 11 is 0. The van der Waals surface area contributed by atoms with E-state index in [9.17, 15) is 19.2 Å². The Hall–Kier alpha value is -3.16. The number of amides is 2. The van der Waals surface area contributed by atoms with E-state index in [1.165, 1.54) is 7.11 Å². The highest BCUT2D eigenvalue weighted by molar-refractivity contribution is 6.01. The average Bonchev–Trinajstić information content (AvgIpc) is 3.01. The summed E-state index contributed by atoms with van der Waals surface area (Å²) in [5, 5.41) is 0. The molecule has 2 atom stereocenters. The van der Waals surface area contributed by atoms with E-state index in [4.69, 9.17) is 9.47 Å². The van der Waals surface area contributed by atoms with Gasteiger partial charge in [-0.1, -0.05) is 36.9 Å². The lowest BCUT2D eigenvalue weighted by atomic mass is 9.97. The summed E-state index contributed by atoms with van der Waals surface area (Å²) in [5.74, 6) is -2.78. The van der Waals surface area contributed by atoms with E-state index < -0.39 is 41.5 Å². The maximum Gasteiger partial charge on any atom is 0.417 e. The van der Waals surface area contributed by atoms with Crippen molar-refractivity contribution in [3.05, 3.63) is 48.0 Å². The highest BCUT2D eigenvalue weighted by atomic mass is 16.6. The van der Waals surface area contributed by atoms with Crippen LogP contribution in [0, 0.1) is 5.92 Å². The van der Waals surface area contributed by atoms with E-state index in [1.54, 1.807) is 32.9 Å². The highest BCUT2D eigenvalue weighted by Crippen LogP contribution is 2.32. The molecular weight excluding hydrogens is 390 g/mol. The minimum absolute atomic E-state index is 0.00170. The van der Waals surface area contributed by atoms with Crippen LogP contribution < -0.4 is 0 Å². The molecule has 0 radical (unpaired) electrons. The molecule has 0 spiro atoms. The van der Waals surface area contributed by atoms with Crippen LogP contribution in [0.25, 0.3) is 0 Å². The topological polar surface area (TPSA) is 99.2 Å². The minimum Gasteiger partial charge on any atom is -0.466 e. The Labute approximate surface area is 175 Å². The number of imide groups is 1. The number of ether oxygens (including phenoxy) is 3. The maximum atomic E-state index is 12.9. The normalized spacial score (nSPS) is 18.7. The Bertz CT molecular complexity index is 826. The predicted molar refractivity (Wildman–Crippen MR) is 107 cm³/mol. The molecule has 30 heavy (non-hydrogen) atoms. The van der Waals surface area contributed by atoms with Crippen LogP contribution in [0.4, 0.5) is 4.79 Å². The molecule has 0 bridgehead atoms. The van der Waals surface area contributed by atoms with Gasteiger partial charge in [-0.3, -0.25) is 4.79 Å². The minimum atomic E-state index is -1.15. The molecule has 162 valence electrons. The first-order valence-electron chi connectivity index (χ1n) is 9.56. The molecular formula is C22H27NO7. The van der Waals surface area contributed by atoms with Crippen molar-refractivity contribution in [2.75, 3.05) is 7.11 Å². The molecule has 0 saturated carbocycles. The molecule has 0 aliphatic carbocycles. The van der Waals surface area contributed by atoms with Crippen LogP contribution in [-0.4, -0.2) is 47.6 Å². The third-order valence-corrected chi connectivity index (χ3v) is 4.46. The maximum absolute atomic E-state index is 12.9. The Morgan fingerprint density at radius 2 is 1.80 bits per heavy atom. The lowest BCUT2D eigenvalue weighted by molar-refractivity contribution is -0.152. The third kappa shape index (κ3) is 5.92. The lowest BCUT2D eigenvalue weighted by Gasteiger charge is -2.26. The molecule has 0 aromatic heterocycles. The van der Waals surface area contributed by atoms with Crippen molar-refractivity contribution in [3.63, 3.8) is 0 Å². The summed E-state index contributed by atoms with van der Waals surface area (Å²) < 4.78 is 15.3. The van der Waals surface area contributed by atoms with Crippen LogP contribution in [0.1, 0.15) is 39.2 Å². The fourth-order valence-corrected chi connectivity index (χ4v) is 3.08. The van der Waals surface area contributed by atoms with Gasteiger partial charge in [0.15, 0.2) is 0 Å². The zero-order chi connectivity index (χ0) is 22.5.